The van der Waals surface area contributed by atoms with Crippen molar-refractivity contribution >= 4 is 11.4 Å². The minimum absolute atomic E-state index is 0.0608. The van der Waals surface area contributed by atoms with Gasteiger partial charge < -0.3 is 4.90 Å². The van der Waals surface area contributed by atoms with Gasteiger partial charge in [0.25, 0.3) is 5.69 Å². The monoisotopic (exact) mass is 278 g/mol. The molecule has 112 valence electrons. The number of nitrogens with zero attached hydrogens (tertiary/aromatic N) is 2. The van der Waals surface area contributed by atoms with Gasteiger partial charge in [-0.3, -0.25) is 10.1 Å². The first-order valence-electron chi connectivity index (χ1n) is 6.86. The van der Waals surface area contributed by atoms with Crippen molar-refractivity contribution in [2.24, 2.45) is 0 Å². The van der Waals surface area contributed by atoms with Gasteiger partial charge in [-0.25, -0.2) is 0 Å². The lowest BCUT2D eigenvalue weighted by Gasteiger charge is -2.29. The molecule has 0 N–H and O–H groups in total. The SMILES string of the molecule is CN(C)c1cc([N+](=O)[O-])c(C(C)(C)C)cc1C(C)(C)C. The van der Waals surface area contributed by atoms with Crippen molar-refractivity contribution in [2.75, 3.05) is 19.0 Å². The largest absolute Gasteiger partial charge is 0.377 e. The Labute approximate surface area is 121 Å². The fourth-order valence-corrected chi connectivity index (χ4v) is 2.30. The van der Waals surface area contributed by atoms with Gasteiger partial charge in [-0.15, -0.1) is 0 Å². The van der Waals surface area contributed by atoms with Gasteiger partial charge in [0, 0.05) is 31.4 Å². The van der Waals surface area contributed by atoms with E-state index < -0.39 is 0 Å². The van der Waals surface area contributed by atoms with Gasteiger partial charge in [0.05, 0.1) is 4.92 Å². The minimum Gasteiger partial charge on any atom is -0.377 e. The van der Waals surface area contributed by atoms with E-state index in [9.17, 15) is 10.1 Å². The summed E-state index contributed by atoms with van der Waals surface area (Å²) in [4.78, 5) is 13.1. The highest BCUT2D eigenvalue weighted by Gasteiger charge is 2.30. The summed E-state index contributed by atoms with van der Waals surface area (Å²) in [5, 5.41) is 11.4. The molecule has 0 saturated carbocycles. The maximum atomic E-state index is 11.4. The molecule has 0 aliphatic rings. The van der Waals surface area contributed by atoms with Crippen LogP contribution in [0, 0.1) is 10.1 Å². The number of hydrogen-bond donors (Lipinski definition) is 0. The molecule has 0 aliphatic heterocycles. The molecule has 0 amide bonds. The van der Waals surface area contributed by atoms with Gasteiger partial charge in [0.2, 0.25) is 0 Å². The highest BCUT2D eigenvalue weighted by molar-refractivity contribution is 5.64. The van der Waals surface area contributed by atoms with Crippen molar-refractivity contribution < 1.29 is 4.92 Å². The molecule has 1 rings (SSSR count). The molecule has 0 unspecified atom stereocenters. The molecule has 0 spiro atoms. The Kier molecular flexibility index (Phi) is 4.18. The standard InChI is InChI=1S/C16H26N2O2/c1-15(2,3)11-9-12(16(4,5)6)14(18(19)20)10-13(11)17(7)8/h9-10H,1-8H3. The minimum atomic E-state index is -0.278. The number of nitro benzene ring substituents is 1. The maximum Gasteiger partial charge on any atom is 0.275 e. The van der Waals surface area contributed by atoms with Gasteiger partial charge in [0.15, 0.2) is 0 Å². The summed E-state index contributed by atoms with van der Waals surface area (Å²) in [5.41, 5.74) is 2.73. The van der Waals surface area contributed by atoms with Crippen LogP contribution in [-0.4, -0.2) is 19.0 Å². The molecule has 4 nitrogen and oxygen atoms in total. The smallest absolute Gasteiger partial charge is 0.275 e. The van der Waals surface area contributed by atoms with Crippen LogP contribution in [-0.2, 0) is 10.8 Å². The summed E-state index contributed by atoms with van der Waals surface area (Å²) in [7, 11) is 3.84. The van der Waals surface area contributed by atoms with Gasteiger partial charge in [-0.05, 0) is 22.5 Å². The van der Waals surface area contributed by atoms with Crippen LogP contribution >= 0.6 is 0 Å². The lowest BCUT2D eigenvalue weighted by atomic mass is 9.79. The molecule has 0 aliphatic carbocycles. The first-order valence-corrected chi connectivity index (χ1v) is 6.86. The number of anilines is 1. The second-order valence-electron chi connectivity index (χ2n) is 7.54. The fourth-order valence-electron chi connectivity index (χ4n) is 2.30. The van der Waals surface area contributed by atoms with Crippen LogP contribution in [0.2, 0.25) is 0 Å². The second kappa shape index (κ2) is 5.08. The molecule has 0 atom stereocenters. The van der Waals surface area contributed by atoms with Crippen LogP contribution < -0.4 is 4.90 Å². The summed E-state index contributed by atoms with van der Waals surface area (Å²) in [6.07, 6.45) is 0. The molecule has 0 radical (unpaired) electrons. The molecule has 0 aromatic heterocycles. The third kappa shape index (κ3) is 3.30. The average Bonchev–Trinajstić information content (AvgIpc) is 2.24. The number of rotatable bonds is 2. The van der Waals surface area contributed by atoms with Crippen LogP contribution in [0.3, 0.4) is 0 Å². The Balaban J connectivity index is 3.75. The molecule has 4 heteroatoms. The Hall–Kier alpha value is -1.58. The zero-order valence-corrected chi connectivity index (χ0v) is 13.9. The third-order valence-electron chi connectivity index (χ3n) is 3.41. The summed E-state index contributed by atoms with van der Waals surface area (Å²) in [6, 6.07) is 3.72. The van der Waals surface area contributed by atoms with Crippen molar-refractivity contribution in [3.8, 4) is 0 Å². The highest BCUT2D eigenvalue weighted by Crippen LogP contribution is 2.40. The van der Waals surface area contributed by atoms with E-state index in [2.05, 4.69) is 20.8 Å². The van der Waals surface area contributed by atoms with E-state index in [4.69, 9.17) is 0 Å². The Morgan fingerprint density at radius 3 is 1.70 bits per heavy atom. The zero-order valence-electron chi connectivity index (χ0n) is 13.9. The van der Waals surface area contributed by atoms with E-state index in [1.807, 2.05) is 45.8 Å². The van der Waals surface area contributed by atoms with Crippen LogP contribution in [0.4, 0.5) is 11.4 Å². The predicted octanol–water partition coefficient (Wildman–Crippen LogP) is 4.26. The molecular formula is C16H26N2O2. The Morgan fingerprint density at radius 2 is 1.40 bits per heavy atom. The first-order chi connectivity index (χ1) is 8.85. The van der Waals surface area contributed by atoms with E-state index in [-0.39, 0.29) is 21.4 Å². The van der Waals surface area contributed by atoms with Crippen molar-refractivity contribution in [2.45, 2.75) is 52.4 Å². The number of hydrogen-bond acceptors (Lipinski definition) is 3. The van der Waals surface area contributed by atoms with Crippen molar-refractivity contribution in [1.29, 1.82) is 0 Å². The summed E-state index contributed by atoms with van der Waals surface area (Å²) >= 11 is 0. The predicted molar refractivity (Wildman–Crippen MR) is 84.8 cm³/mol. The fraction of sp³-hybridized carbons (Fsp3) is 0.625. The second-order valence-corrected chi connectivity index (χ2v) is 7.54. The first kappa shape index (κ1) is 16.5. The van der Waals surface area contributed by atoms with Crippen LogP contribution in [0.5, 0.6) is 0 Å². The van der Waals surface area contributed by atoms with Crippen molar-refractivity contribution in [1.82, 2.24) is 0 Å². The number of nitro groups is 1. The van der Waals surface area contributed by atoms with Gasteiger partial charge >= 0.3 is 0 Å². The molecule has 0 saturated heterocycles. The Bertz CT molecular complexity index is 521. The Morgan fingerprint density at radius 1 is 0.950 bits per heavy atom. The van der Waals surface area contributed by atoms with E-state index in [0.29, 0.717) is 0 Å². The van der Waals surface area contributed by atoms with Gasteiger partial charge in [-0.1, -0.05) is 41.5 Å². The van der Waals surface area contributed by atoms with E-state index in [1.165, 1.54) is 0 Å². The highest BCUT2D eigenvalue weighted by atomic mass is 16.6. The topological polar surface area (TPSA) is 46.4 Å². The van der Waals surface area contributed by atoms with E-state index >= 15 is 0 Å². The van der Waals surface area contributed by atoms with Crippen LogP contribution in [0.1, 0.15) is 52.7 Å². The summed E-state index contributed by atoms with van der Waals surface area (Å²) in [5.74, 6) is 0. The molecule has 0 fully saturated rings. The molecule has 0 bridgehead atoms. The quantitative estimate of drug-likeness (QED) is 0.600. The van der Waals surface area contributed by atoms with E-state index in [1.54, 1.807) is 6.07 Å². The zero-order chi connectivity index (χ0) is 15.9. The van der Waals surface area contributed by atoms with Crippen molar-refractivity contribution in [3.05, 3.63) is 33.4 Å². The summed E-state index contributed by atoms with van der Waals surface area (Å²) < 4.78 is 0. The number of benzene rings is 1. The van der Waals surface area contributed by atoms with Gasteiger partial charge in [0.1, 0.15) is 0 Å². The molecule has 20 heavy (non-hydrogen) atoms. The van der Waals surface area contributed by atoms with Crippen LogP contribution in [0.15, 0.2) is 12.1 Å². The average molecular weight is 278 g/mol. The third-order valence-corrected chi connectivity index (χ3v) is 3.41. The lowest BCUT2D eigenvalue weighted by molar-refractivity contribution is -0.385. The normalized spacial score (nSPS) is 12.4. The summed E-state index contributed by atoms with van der Waals surface area (Å²) in [6.45, 7) is 12.4. The van der Waals surface area contributed by atoms with Crippen molar-refractivity contribution in [3.63, 3.8) is 0 Å². The molecular weight excluding hydrogens is 252 g/mol. The molecule has 1 aromatic carbocycles. The maximum absolute atomic E-state index is 11.4. The molecule has 1 aromatic rings. The molecule has 0 heterocycles. The lowest BCUT2D eigenvalue weighted by Crippen LogP contribution is -2.22. The van der Waals surface area contributed by atoms with Crippen LogP contribution in [0.25, 0.3) is 0 Å². The van der Waals surface area contributed by atoms with Gasteiger partial charge in [-0.2, -0.15) is 0 Å². The van der Waals surface area contributed by atoms with E-state index in [0.717, 1.165) is 16.8 Å².